The number of hydrogen-bond acceptors (Lipinski definition) is 4. The topological polar surface area (TPSA) is 62.8 Å². The minimum absolute atomic E-state index is 0.487. The molecule has 1 N–H and O–H groups in total. The summed E-state index contributed by atoms with van der Waals surface area (Å²) < 4.78 is 28.5. The number of rotatable bonds is 4. The molecule has 0 aliphatic rings. The molecule has 0 atom stereocenters. The second kappa shape index (κ2) is 5.33. The third kappa shape index (κ3) is 3.08. The van der Waals surface area contributed by atoms with Gasteiger partial charge in [0.15, 0.2) is 0 Å². The van der Waals surface area contributed by atoms with Gasteiger partial charge in [0.2, 0.25) is 0 Å². The lowest BCUT2D eigenvalue weighted by Crippen LogP contribution is -1.78. The molecule has 1 aromatic heterocycles. The highest BCUT2D eigenvalue weighted by Gasteiger charge is 2.03. The highest BCUT2D eigenvalue weighted by Crippen LogP contribution is 2.25. The number of benzene rings is 1. The van der Waals surface area contributed by atoms with Crippen molar-refractivity contribution < 1.29 is 13.2 Å². The van der Waals surface area contributed by atoms with Crippen molar-refractivity contribution in [3.8, 4) is 0 Å². The fourth-order valence-corrected chi connectivity index (χ4v) is 2.00. The van der Waals surface area contributed by atoms with E-state index in [1.54, 1.807) is 18.2 Å². The van der Waals surface area contributed by atoms with Crippen LogP contribution in [0.3, 0.4) is 0 Å². The van der Waals surface area contributed by atoms with Gasteiger partial charge in [-0.05, 0) is 30.7 Å². The van der Waals surface area contributed by atoms with E-state index in [0.717, 1.165) is 36.0 Å². The SMILES string of the molecule is CCCCc1cc2cc(N=[S-](=O)O)ccc2o1. The smallest absolute Gasteiger partial charge is 0.134 e. The molecule has 2 aromatic rings. The molecule has 0 unspecified atom stereocenters. The van der Waals surface area contributed by atoms with Gasteiger partial charge in [-0.1, -0.05) is 24.2 Å². The summed E-state index contributed by atoms with van der Waals surface area (Å²) in [5, 5.41) is 0.919. The second-order valence-electron chi connectivity index (χ2n) is 3.86. The number of hydrogen-bond donors (Lipinski definition) is 1. The molecule has 0 bridgehead atoms. The second-order valence-corrected chi connectivity index (χ2v) is 4.50. The van der Waals surface area contributed by atoms with Crippen molar-refractivity contribution in [3.63, 3.8) is 0 Å². The van der Waals surface area contributed by atoms with E-state index in [1.165, 1.54) is 0 Å². The minimum atomic E-state index is -2.16. The van der Waals surface area contributed by atoms with Crippen LogP contribution in [0.25, 0.3) is 11.0 Å². The van der Waals surface area contributed by atoms with E-state index in [9.17, 15) is 4.21 Å². The molecule has 0 radical (unpaired) electrons. The van der Waals surface area contributed by atoms with E-state index in [0.29, 0.717) is 5.69 Å². The van der Waals surface area contributed by atoms with E-state index >= 15 is 0 Å². The summed E-state index contributed by atoms with van der Waals surface area (Å²) in [5.41, 5.74) is 1.28. The molecule has 4 nitrogen and oxygen atoms in total. The average Bonchev–Trinajstić information content (AvgIpc) is 2.67. The Bertz CT molecular complexity index is 597. The molecule has 0 aliphatic heterocycles. The third-order valence-electron chi connectivity index (χ3n) is 2.51. The van der Waals surface area contributed by atoms with Crippen molar-refractivity contribution in [2.24, 2.45) is 4.36 Å². The van der Waals surface area contributed by atoms with Crippen LogP contribution in [-0.4, -0.2) is 4.55 Å². The van der Waals surface area contributed by atoms with Crippen molar-refractivity contribution in [2.75, 3.05) is 0 Å². The third-order valence-corrected chi connectivity index (χ3v) is 2.88. The average molecular weight is 252 g/mol. The fraction of sp³-hybridized carbons (Fsp3) is 0.333. The molecular weight excluding hydrogens is 238 g/mol. The maximum Gasteiger partial charge on any atom is 0.134 e. The first-order chi connectivity index (χ1) is 8.19. The number of unbranched alkanes of at least 4 members (excludes halogenated alkanes) is 1. The molecule has 0 fully saturated rings. The van der Waals surface area contributed by atoms with Crippen LogP contribution in [0.2, 0.25) is 0 Å². The van der Waals surface area contributed by atoms with Gasteiger partial charge < -0.3 is 17.5 Å². The molecule has 1 aromatic carbocycles. The lowest BCUT2D eigenvalue weighted by atomic mass is 10.2. The quantitative estimate of drug-likeness (QED) is 0.660. The van der Waals surface area contributed by atoms with Gasteiger partial charge in [-0.3, -0.25) is 0 Å². The number of furan rings is 1. The molecule has 17 heavy (non-hydrogen) atoms. The normalized spacial score (nSPS) is 13.3. The lowest BCUT2D eigenvalue weighted by Gasteiger charge is -1.96. The van der Waals surface area contributed by atoms with Crippen molar-refractivity contribution in [1.82, 2.24) is 0 Å². The van der Waals surface area contributed by atoms with Crippen molar-refractivity contribution in [2.45, 2.75) is 26.2 Å². The zero-order valence-electron chi connectivity index (χ0n) is 9.55. The maximum atomic E-state index is 10.6. The van der Waals surface area contributed by atoms with Crippen LogP contribution in [-0.2, 0) is 21.5 Å². The Morgan fingerprint density at radius 3 is 2.94 bits per heavy atom. The summed E-state index contributed by atoms with van der Waals surface area (Å²) in [4.78, 5) is 0. The Morgan fingerprint density at radius 1 is 1.41 bits per heavy atom. The largest absolute Gasteiger partial charge is 0.461 e. The molecule has 0 saturated heterocycles. The molecule has 2 rings (SSSR count). The Hall–Kier alpha value is -1.33. The predicted molar refractivity (Wildman–Crippen MR) is 67.6 cm³/mol. The Labute approximate surface area is 102 Å². The van der Waals surface area contributed by atoms with Crippen molar-refractivity contribution >= 4 is 27.5 Å². The summed E-state index contributed by atoms with van der Waals surface area (Å²) in [6.45, 7) is 2.14. The van der Waals surface area contributed by atoms with E-state index in [1.807, 2.05) is 6.07 Å². The van der Waals surface area contributed by atoms with Gasteiger partial charge in [0.1, 0.15) is 11.3 Å². The number of aryl methyl sites for hydroxylation is 1. The zero-order valence-corrected chi connectivity index (χ0v) is 10.4. The molecule has 1 heterocycles. The summed E-state index contributed by atoms with van der Waals surface area (Å²) >= 11 is 0. The summed E-state index contributed by atoms with van der Waals surface area (Å²) in [7, 11) is -2.16. The van der Waals surface area contributed by atoms with Crippen LogP contribution in [0.4, 0.5) is 5.69 Å². The molecule has 0 spiro atoms. The lowest BCUT2D eigenvalue weighted by molar-refractivity contribution is 0.528. The first kappa shape index (κ1) is 12.1. The molecule has 0 aliphatic carbocycles. The highest BCUT2D eigenvalue weighted by molar-refractivity contribution is 7.68. The van der Waals surface area contributed by atoms with Gasteiger partial charge in [-0.15, -0.1) is 0 Å². The molecule has 0 saturated carbocycles. The molecular formula is C12H14NO3S-. The Kier molecular flexibility index (Phi) is 3.81. The summed E-state index contributed by atoms with van der Waals surface area (Å²) in [5.74, 6) is 0.948. The minimum Gasteiger partial charge on any atom is -0.461 e. The molecule has 5 heteroatoms. The van der Waals surface area contributed by atoms with E-state index in [-0.39, 0.29) is 0 Å². The predicted octanol–water partition coefficient (Wildman–Crippen LogP) is 4.03. The van der Waals surface area contributed by atoms with Gasteiger partial charge in [0, 0.05) is 17.5 Å². The van der Waals surface area contributed by atoms with Gasteiger partial charge in [0.25, 0.3) is 0 Å². The fourth-order valence-electron chi connectivity index (χ4n) is 1.71. The van der Waals surface area contributed by atoms with E-state index < -0.39 is 10.9 Å². The van der Waals surface area contributed by atoms with Crippen LogP contribution >= 0.6 is 0 Å². The zero-order chi connectivity index (χ0) is 12.3. The summed E-state index contributed by atoms with van der Waals surface area (Å²) in [6, 6.07) is 7.16. The van der Waals surface area contributed by atoms with Crippen molar-refractivity contribution in [1.29, 1.82) is 0 Å². The van der Waals surface area contributed by atoms with Crippen LogP contribution < -0.4 is 0 Å². The van der Waals surface area contributed by atoms with Crippen molar-refractivity contribution in [3.05, 3.63) is 30.0 Å². The Morgan fingerprint density at radius 2 is 2.24 bits per heavy atom. The van der Waals surface area contributed by atoms with Gasteiger partial charge in [0.05, 0.1) is 0 Å². The molecule has 92 valence electrons. The first-order valence-corrected chi connectivity index (χ1v) is 6.60. The van der Waals surface area contributed by atoms with Crippen LogP contribution in [0, 0.1) is 0 Å². The first-order valence-electron chi connectivity index (χ1n) is 5.54. The van der Waals surface area contributed by atoms with E-state index in [2.05, 4.69) is 11.3 Å². The van der Waals surface area contributed by atoms with Gasteiger partial charge >= 0.3 is 0 Å². The van der Waals surface area contributed by atoms with Crippen LogP contribution in [0.5, 0.6) is 0 Å². The molecule has 0 amide bonds. The Balaban J connectivity index is 2.34. The summed E-state index contributed by atoms with van der Waals surface area (Å²) in [6.07, 6.45) is 3.14. The monoisotopic (exact) mass is 252 g/mol. The van der Waals surface area contributed by atoms with Gasteiger partial charge in [-0.2, -0.15) is 0 Å². The number of fused-ring (bicyclic) bond motifs is 1. The van der Waals surface area contributed by atoms with E-state index in [4.69, 9.17) is 8.97 Å². The van der Waals surface area contributed by atoms with Gasteiger partial charge in [-0.25, -0.2) is 0 Å². The highest BCUT2D eigenvalue weighted by atomic mass is 32.2. The standard InChI is InChI=1S/C12H14NO3S/c1-2-3-4-11-8-9-7-10(13-17(14)15)5-6-12(9)16-11/h5-8H,2-4H2,1H3,(H,13,14,15)/q-1. The maximum absolute atomic E-state index is 10.6. The number of nitrogens with zero attached hydrogens (tertiary/aromatic N) is 1. The van der Waals surface area contributed by atoms with Crippen LogP contribution in [0.15, 0.2) is 33.0 Å². The van der Waals surface area contributed by atoms with Crippen LogP contribution in [0.1, 0.15) is 25.5 Å².